The van der Waals surface area contributed by atoms with E-state index in [1.165, 1.54) is 16.1 Å². The molecule has 3 aromatic rings. The number of unbranched alkanes of at least 4 members (excludes halogenated alkanes) is 1. The molecule has 0 saturated carbocycles. The third kappa shape index (κ3) is 4.53. The first kappa shape index (κ1) is 21.5. The zero-order chi connectivity index (χ0) is 21.8. The van der Waals surface area contributed by atoms with Crippen LogP contribution in [-0.4, -0.2) is 30.8 Å². The van der Waals surface area contributed by atoms with E-state index in [0.717, 1.165) is 12.0 Å². The summed E-state index contributed by atoms with van der Waals surface area (Å²) in [6.07, 6.45) is 1.88. The van der Waals surface area contributed by atoms with Gasteiger partial charge in [-0.15, -0.1) is 0 Å². The molecule has 0 saturated heterocycles. The fourth-order valence-electron chi connectivity index (χ4n) is 3.68. The van der Waals surface area contributed by atoms with Gasteiger partial charge in [-0.2, -0.15) is 0 Å². The van der Waals surface area contributed by atoms with Crippen molar-refractivity contribution in [2.45, 2.75) is 59.2 Å². The minimum atomic E-state index is -0.370. The number of ether oxygens (including phenoxy) is 1. The van der Waals surface area contributed by atoms with Gasteiger partial charge in [0.15, 0.2) is 11.2 Å². The molecule has 0 aliphatic heterocycles. The highest BCUT2D eigenvalue weighted by Gasteiger charge is 2.18. The summed E-state index contributed by atoms with van der Waals surface area (Å²) < 4.78 is 9.70. The average Bonchev–Trinajstić information content (AvgIpc) is 3.02. The van der Waals surface area contributed by atoms with Gasteiger partial charge >= 0.3 is 11.7 Å². The molecule has 8 heteroatoms. The van der Waals surface area contributed by atoms with E-state index in [0.29, 0.717) is 42.9 Å². The van der Waals surface area contributed by atoms with Crippen molar-refractivity contribution in [3.63, 3.8) is 0 Å². The zero-order valence-electron chi connectivity index (χ0n) is 17.9. The Hall–Kier alpha value is -3.16. The number of carbonyl (C=O) groups excluding carboxylic acids is 1. The minimum Gasteiger partial charge on any atom is -0.463 e. The lowest BCUT2D eigenvalue weighted by molar-refractivity contribution is -0.145. The summed E-state index contributed by atoms with van der Waals surface area (Å²) in [4.78, 5) is 41.5. The zero-order valence-corrected chi connectivity index (χ0v) is 17.9. The maximum absolute atomic E-state index is 13.2. The van der Waals surface area contributed by atoms with Crippen molar-refractivity contribution in [2.75, 3.05) is 0 Å². The van der Waals surface area contributed by atoms with Gasteiger partial charge in [-0.05, 0) is 38.7 Å². The number of rotatable bonds is 8. The predicted molar refractivity (Wildman–Crippen MR) is 115 cm³/mol. The summed E-state index contributed by atoms with van der Waals surface area (Å²) in [5.74, 6) is 0.383. The largest absolute Gasteiger partial charge is 0.463 e. The molecule has 0 aliphatic rings. The van der Waals surface area contributed by atoms with Crippen molar-refractivity contribution in [3.8, 4) is 0 Å². The molecule has 3 rings (SSSR count). The molecule has 0 bridgehead atoms. The van der Waals surface area contributed by atoms with E-state index in [1.807, 2.05) is 48.7 Å². The molecule has 0 amide bonds. The average molecular weight is 412 g/mol. The lowest BCUT2D eigenvalue weighted by atomic mass is 10.1. The molecule has 1 atom stereocenters. The second-order valence-electron chi connectivity index (χ2n) is 7.62. The summed E-state index contributed by atoms with van der Waals surface area (Å²) in [6, 6.07) is 9.84. The number of esters is 1. The summed E-state index contributed by atoms with van der Waals surface area (Å²) in [6.45, 7) is 5.88. The normalized spacial score (nSPS) is 12.3. The van der Waals surface area contributed by atoms with E-state index in [4.69, 9.17) is 4.74 Å². The van der Waals surface area contributed by atoms with Gasteiger partial charge in [0.2, 0.25) is 0 Å². The Morgan fingerprint density at radius 2 is 1.83 bits per heavy atom. The smallest absolute Gasteiger partial charge is 0.332 e. The number of hydrogen-bond donors (Lipinski definition) is 0. The molecule has 0 spiro atoms. The molecular formula is C22H28N4O4. The predicted octanol–water partition coefficient (Wildman–Crippen LogP) is 2.38. The van der Waals surface area contributed by atoms with Gasteiger partial charge in [-0.1, -0.05) is 30.3 Å². The van der Waals surface area contributed by atoms with E-state index >= 15 is 0 Å². The summed E-state index contributed by atoms with van der Waals surface area (Å²) in [7, 11) is 1.64. The van der Waals surface area contributed by atoms with Crippen molar-refractivity contribution in [3.05, 3.63) is 62.6 Å². The van der Waals surface area contributed by atoms with Crippen LogP contribution in [0, 0.1) is 6.92 Å². The van der Waals surface area contributed by atoms with Gasteiger partial charge in [0.25, 0.3) is 5.56 Å². The highest BCUT2D eigenvalue weighted by atomic mass is 16.5. The van der Waals surface area contributed by atoms with Crippen LogP contribution in [0.3, 0.4) is 0 Å². The molecule has 0 fully saturated rings. The molecule has 1 aromatic carbocycles. The second-order valence-corrected chi connectivity index (χ2v) is 7.62. The van der Waals surface area contributed by atoms with Crippen LogP contribution in [0.5, 0.6) is 0 Å². The second kappa shape index (κ2) is 9.11. The van der Waals surface area contributed by atoms with Crippen molar-refractivity contribution in [1.29, 1.82) is 0 Å². The van der Waals surface area contributed by atoms with Gasteiger partial charge in [-0.3, -0.25) is 18.7 Å². The summed E-state index contributed by atoms with van der Waals surface area (Å²) in [5.41, 5.74) is 1.20. The topological polar surface area (TPSA) is 88.1 Å². The Bertz CT molecular complexity index is 1160. The molecule has 0 aliphatic carbocycles. The SMILES string of the molecule is CC(=O)O[C@@H](C)CCCCn1c(=O)c2c(nc(C)n2Cc2ccccc2)n(C)c1=O. The van der Waals surface area contributed by atoms with E-state index in [1.54, 1.807) is 7.05 Å². The number of fused-ring (bicyclic) bond motifs is 1. The van der Waals surface area contributed by atoms with Crippen molar-refractivity contribution in [2.24, 2.45) is 7.05 Å². The maximum Gasteiger partial charge on any atom is 0.332 e. The number of nitrogens with zero attached hydrogens (tertiary/aromatic N) is 4. The fraction of sp³-hybridized carbons (Fsp3) is 0.455. The van der Waals surface area contributed by atoms with Crippen molar-refractivity contribution in [1.82, 2.24) is 18.7 Å². The molecule has 0 N–H and O–H groups in total. The Balaban J connectivity index is 1.88. The van der Waals surface area contributed by atoms with Crippen LogP contribution < -0.4 is 11.2 Å². The Kier molecular flexibility index (Phi) is 6.54. The van der Waals surface area contributed by atoms with Crippen LogP contribution in [0.4, 0.5) is 0 Å². The molecule has 0 radical (unpaired) electrons. The van der Waals surface area contributed by atoms with Gasteiger partial charge in [0.1, 0.15) is 5.82 Å². The first-order valence-corrected chi connectivity index (χ1v) is 10.2. The third-order valence-electron chi connectivity index (χ3n) is 5.22. The third-order valence-corrected chi connectivity index (χ3v) is 5.22. The standard InChI is InChI=1S/C22H28N4O4/c1-15(30-17(3)27)10-8-9-13-25-21(28)19-20(24(4)22(25)29)23-16(2)26(19)14-18-11-6-5-7-12-18/h5-7,11-12,15H,8-10,13-14H2,1-4H3/t15-/m0/s1. The Morgan fingerprint density at radius 3 is 2.50 bits per heavy atom. The Labute approximate surface area is 174 Å². The van der Waals surface area contributed by atoms with Crippen molar-refractivity contribution >= 4 is 17.1 Å². The molecule has 2 aromatic heterocycles. The van der Waals surface area contributed by atoms with E-state index in [9.17, 15) is 14.4 Å². The molecule has 160 valence electrons. The van der Waals surface area contributed by atoms with E-state index in [-0.39, 0.29) is 23.3 Å². The summed E-state index contributed by atoms with van der Waals surface area (Å²) >= 11 is 0. The lowest BCUT2D eigenvalue weighted by Gasteiger charge is -2.12. The van der Waals surface area contributed by atoms with Gasteiger partial charge in [0.05, 0.1) is 6.10 Å². The molecular weight excluding hydrogens is 384 g/mol. The molecule has 2 heterocycles. The lowest BCUT2D eigenvalue weighted by Crippen LogP contribution is -2.39. The van der Waals surface area contributed by atoms with Crippen LogP contribution in [0.2, 0.25) is 0 Å². The van der Waals surface area contributed by atoms with Gasteiger partial charge in [0, 0.05) is 27.1 Å². The Morgan fingerprint density at radius 1 is 1.13 bits per heavy atom. The number of imidazole rings is 1. The van der Waals surface area contributed by atoms with Gasteiger partial charge < -0.3 is 9.30 Å². The first-order valence-electron chi connectivity index (χ1n) is 10.2. The molecule has 30 heavy (non-hydrogen) atoms. The number of aryl methyl sites for hydroxylation is 2. The maximum atomic E-state index is 13.2. The fourth-order valence-corrected chi connectivity index (χ4v) is 3.68. The van der Waals surface area contributed by atoms with E-state index < -0.39 is 0 Å². The van der Waals surface area contributed by atoms with Gasteiger partial charge in [-0.25, -0.2) is 9.78 Å². The van der Waals surface area contributed by atoms with Crippen molar-refractivity contribution < 1.29 is 9.53 Å². The minimum absolute atomic E-state index is 0.181. The highest BCUT2D eigenvalue weighted by Crippen LogP contribution is 2.14. The van der Waals surface area contributed by atoms with Crippen LogP contribution in [0.1, 0.15) is 44.5 Å². The summed E-state index contributed by atoms with van der Waals surface area (Å²) in [5, 5.41) is 0. The van der Waals surface area contributed by atoms with Crippen LogP contribution >= 0.6 is 0 Å². The quantitative estimate of drug-likeness (QED) is 0.419. The number of hydrogen-bond acceptors (Lipinski definition) is 5. The molecule has 8 nitrogen and oxygen atoms in total. The van der Waals surface area contributed by atoms with Crippen LogP contribution in [-0.2, 0) is 29.7 Å². The molecule has 0 unspecified atom stereocenters. The number of carbonyl (C=O) groups is 1. The monoisotopic (exact) mass is 412 g/mol. The van der Waals surface area contributed by atoms with Crippen LogP contribution in [0.15, 0.2) is 39.9 Å². The number of benzene rings is 1. The van der Waals surface area contributed by atoms with Crippen LogP contribution in [0.25, 0.3) is 11.2 Å². The first-order chi connectivity index (χ1) is 14.3. The highest BCUT2D eigenvalue weighted by molar-refractivity contribution is 5.71. The number of aromatic nitrogens is 4. The van der Waals surface area contributed by atoms with E-state index in [2.05, 4.69) is 4.98 Å².